The highest BCUT2D eigenvalue weighted by atomic mass is 32.1. The van der Waals surface area contributed by atoms with E-state index >= 15 is 0 Å². The van der Waals surface area contributed by atoms with E-state index in [1.807, 2.05) is 55.5 Å². The summed E-state index contributed by atoms with van der Waals surface area (Å²) in [6.07, 6.45) is 0.154. The summed E-state index contributed by atoms with van der Waals surface area (Å²) in [6.45, 7) is 4.33. The summed E-state index contributed by atoms with van der Waals surface area (Å²) >= 11 is 1.38. The van der Waals surface area contributed by atoms with Gasteiger partial charge in [-0.05, 0) is 43.7 Å². The third-order valence-corrected chi connectivity index (χ3v) is 5.02. The number of carbonyl (C=O) groups excluding carboxylic acids is 2. The molecule has 0 saturated heterocycles. The van der Waals surface area contributed by atoms with Crippen LogP contribution in [-0.4, -0.2) is 29.7 Å². The minimum atomic E-state index is -0.357. The van der Waals surface area contributed by atoms with Gasteiger partial charge in [-0.2, -0.15) is 4.99 Å². The largest absolute Gasteiger partial charge is 0.493 e. The van der Waals surface area contributed by atoms with Crippen molar-refractivity contribution in [2.45, 2.75) is 26.8 Å². The molecule has 0 atom stereocenters. The van der Waals surface area contributed by atoms with Crippen LogP contribution >= 0.6 is 11.3 Å². The number of aryl methyl sites for hydroxylation is 1. The van der Waals surface area contributed by atoms with Gasteiger partial charge in [0, 0.05) is 0 Å². The van der Waals surface area contributed by atoms with Crippen molar-refractivity contribution in [1.82, 2.24) is 4.57 Å². The van der Waals surface area contributed by atoms with Crippen molar-refractivity contribution in [3.63, 3.8) is 0 Å². The molecule has 28 heavy (non-hydrogen) atoms. The van der Waals surface area contributed by atoms with E-state index in [1.54, 1.807) is 11.5 Å². The van der Waals surface area contributed by atoms with Crippen LogP contribution in [0.3, 0.4) is 0 Å². The van der Waals surface area contributed by atoms with Crippen LogP contribution in [0.25, 0.3) is 10.2 Å². The van der Waals surface area contributed by atoms with E-state index in [1.165, 1.54) is 11.3 Å². The van der Waals surface area contributed by atoms with Gasteiger partial charge in [-0.1, -0.05) is 35.6 Å². The number of rotatable bonds is 7. The van der Waals surface area contributed by atoms with E-state index in [9.17, 15) is 9.59 Å². The van der Waals surface area contributed by atoms with Gasteiger partial charge < -0.3 is 14.0 Å². The highest BCUT2D eigenvalue weighted by molar-refractivity contribution is 7.16. The van der Waals surface area contributed by atoms with Gasteiger partial charge in [-0.15, -0.1) is 0 Å². The summed E-state index contributed by atoms with van der Waals surface area (Å²) in [5.41, 5.74) is 1.96. The monoisotopic (exact) mass is 398 g/mol. The van der Waals surface area contributed by atoms with Gasteiger partial charge in [0.15, 0.2) is 4.80 Å². The lowest BCUT2D eigenvalue weighted by Crippen LogP contribution is -2.23. The van der Waals surface area contributed by atoms with Gasteiger partial charge in [-0.3, -0.25) is 9.59 Å². The molecule has 0 radical (unpaired) electrons. The standard InChI is InChI=1S/C21H22N2O4S/c1-3-26-20(25)14-23-17-10-9-15(2)13-18(17)28-21(23)22-19(24)11-12-27-16-7-5-4-6-8-16/h4-10,13H,3,11-12,14H2,1-2H3. The van der Waals surface area contributed by atoms with E-state index < -0.39 is 0 Å². The van der Waals surface area contributed by atoms with Gasteiger partial charge in [0.2, 0.25) is 0 Å². The fraction of sp³-hybridized carbons (Fsp3) is 0.286. The molecule has 3 rings (SSSR count). The van der Waals surface area contributed by atoms with Crippen LogP contribution in [0.4, 0.5) is 0 Å². The highest BCUT2D eigenvalue weighted by Crippen LogP contribution is 2.19. The Morgan fingerprint density at radius 2 is 1.93 bits per heavy atom. The predicted octanol–water partition coefficient (Wildman–Crippen LogP) is 3.47. The van der Waals surface area contributed by atoms with Gasteiger partial charge in [0.05, 0.1) is 29.9 Å². The zero-order chi connectivity index (χ0) is 19.9. The van der Waals surface area contributed by atoms with E-state index in [0.29, 0.717) is 17.2 Å². The minimum Gasteiger partial charge on any atom is -0.493 e. The Labute approximate surface area is 167 Å². The number of fused-ring (bicyclic) bond motifs is 1. The molecule has 0 aliphatic heterocycles. The lowest BCUT2D eigenvalue weighted by Gasteiger charge is -2.05. The van der Waals surface area contributed by atoms with Crippen LogP contribution in [0.5, 0.6) is 5.75 Å². The number of aromatic nitrogens is 1. The maximum atomic E-state index is 12.3. The van der Waals surface area contributed by atoms with Gasteiger partial charge in [0.1, 0.15) is 12.3 Å². The molecule has 1 amide bonds. The van der Waals surface area contributed by atoms with E-state index in [0.717, 1.165) is 15.8 Å². The number of thiazole rings is 1. The molecule has 0 unspecified atom stereocenters. The Kier molecular flexibility index (Phi) is 6.60. The number of hydrogen-bond donors (Lipinski definition) is 0. The van der Waals surface area contributed by atoms with Crippen molar-refractivity contribution in [1.29, 1.82) is 0 Å². The third-order valence-electron chi connectivity index (χ3n) is 3.98. The van der Waals surface area contributed by atoms with E-state index in [-0.39, 0.29) is 31.4 Å². The molecule has 0 fully saturated rings. The summed E-state index contributed by atoms with van der Waals surface area (Å²) in [5, 5.41) is 0. The molecule has 0 spiro atoms. The van der Waals surface area contributed by atoms with Crippen LogP contribution in [0.15, 0.2) is 53.5 Å². The lowest BCUT2D eigenvalue weighted by molar-refractivity contribution is -0.143. The number of hydrogen-bond acceptors (Lipinski definition) is 5. The second kappa shape index (κ2) is 9.32. The van der Waals surface area contributed by atoms with Crippen molar-refractivity contribution in [3.8, 4) is 5.75 Å². The number of carbonyl (C=O) groups is 2. The van der Waals surface area contributed by atoms with Crippen LogP contribution in [0.1, 0.15) is 18.9 Å². The SMILES string of the molecule is CCOC(=O)Cn1c(=NC(=O)CCOc2ccccc2)sc2cc(C)ccc21. The van der Waals surface area contributed by atoms with Gasteiger partial charge >= 0.3 is 5.97 Å². The number of benzene rings is 2. The molecule has 1 aromatic heterocycles. The summed E-state index contributed by atoms with van der Waals surface area (Å²) in [5.74, 6) is 0.0610. The first-order valence-corrected chi connectivity index (χ1v) is 9.89. The Bertz CT molecular complexity index is 1040. The van der Waals surface area contributed by atoms with Crippen molar-refractivity contribution >= 4 is 33.4 Å². The van der Waals surface area contributed by atoms with Crippen LogP contribution < -0.4 is 9.54 Å². The number of amides is 1. The molecule has 1 heterocycles. The fourth-order valence-corrected chi connectivity index (χ4v) is 3.83. The van der Waals surface area contributed by atoms with Crippen LogP contribution in [-0.2, 0) is 20.9 Å². The summed E-state index contributed by atoms with van der Waals surface area (Å²) in [4.78, 5) is 29.1. The summed E-state index contributed by atoms with van der Waals surface area (Å²) in [7, 11) is 0. The quantitative estimate of drug-likeness (QED) is 0.572. The average Bonchev–Trinajstić information content (AvgIpc) is 2.98. The van der Waals surface area contributed by atoms with E-state index in [4.69, 9.17) is 9.47 Å². The molecular formula is C21H22N2O4S. The molecule has 0 N–H and O–H groups in total. The van der Waals surface area contributed by atoms with Crippen molar-refractivity contribution in [2.24, 2.45) is 4.99 Å². The molecule has 0 bridgehead atoms. The van der Waals surface area contributed by atoms with Crippen LogP contribution in [0.2, 0.25) is 0 Å². The topological polar surface area (TPSA) is 69.9 Å². The summed E-state index contributed by atoms with van der Waals surface area (Å²) in [6, 6.07) is 15.2. The van der Waals surface area contributed by atoms with Crippen molar-refractivity contribution in [3.05, 3.63) is 58.9 Å². The highest BCUT2D eigenvalue weighted by Gasteiger charge is 2.12. The van der Waals surface area contributed by atoms with Crippen LogP contribution in [0, 0.1) is 6.92 Å². The van der Waals surface area contributed by atoms with Gasteiger partial charge in [-0.25, -0.2) is 0 Å². The number of nitrogens with zero attached hydrogens (tertiary/aromatic N) is 2. The minimum absolute atomic E-state index is 0.0174. The zero-order valence-corrected chi connectivity index (χ0v) is 16.7. The second-order valence-corrected chi connectivity index (χ2v) is 7.17. The molecule has 3 aromatic rings. The maximum Gasteiger partial charge on any atom is 0.326 e. The first-order chi connectivity index (χ1) is 13.6. The Morgan fingerprint density at radius 1 is 1.14 bits per heavy atom. The number of esters is 1. The molecule has 0 saturated carbocycles. The molecule has 0 aliphatic rings. The number of ether oxygens (including phenoxy) is 2. The molecule has 146 valence electrons. The third kappa shape index (κ3) is 5.07. The Balaban J connectivity index is 1.81. The predicted molar refractivity (Wildman–Crippen MR) is 108 cm³/mol. The number of para-hydroxylation sites is 1. The normalized spacial score (nSPS) is 11.6. The molecular weight excluding hydrogens is 376 g/mol. The molecule has 7 heteroatoms. The van der Waals surface area contributed by atoms with E-state index in [2.05, 4.69) is 4.99 Å². The molecule has 6 nitrogen and oxygen atoms in total. The maximum absolute atomic E-state index is 12.3. The lowest BCUT2D eigenvalue weighted by atomic mass is 10.2. The molecule has 0 aliphatic carbocycles. The smallest absolute Gasteiger partial charge is 0.326 e. The Hall–Kier alpha value is -2.93. The van der Waals surface area contributed by atoms with Gasteiger partial charge in [0.25, 0.3) is 5.91 Å². The summed E-state index contributed by atoms with van der Waals surface area (Å²) < 4.78 is 13.3. The zero-order valence-electron chi connectivity index (χ0n) is 15.9. The second-order valence-electron chi connectivity index (χ2n) is 6.16. The van der Waals surface area contributed by atoms with Crippen molar-refractivity contribution in [2.75, 3.05) is 13.2 Å². The molecule has 2 aromatic carbocycles. The average molecular weight is 398 g/mol. The first-order valence-electron chi connectivity index (χ1n) is 9.08. The fourth-order valence-electron chi connectivity index (χ4n) is 2.69. The first kappa shape index (κ1) is 19.8. The van der Waals surface area contributed by atoms with Crippen molar-refractivity contribution < 1.29 is 19.1 Å². The Morgan fingerprint density at radius 3 is 2.68 bits per heavy atom.